The molecule has 0 bridgehead atoms. The van der Waals surface area contributed by atoms with E-state index >= 15 is 0 Å². The van der Waals surface area contributed by atoms with E-state index in [9.17, 15) is 13.2 Å². The molecule has 0 spiro atoms. The Morgan fingerprint density at radius 2 is 1.65 bits per heavy atom. The van der Waals surface area contributed by atoms with Crippen molar-refractivity contribution in [3.05, 3.63) is 70.6 Å². The van der Waals surface area contributed by atoms with E-state index in [0.29, 0.717) is 24.2 Å². The first-order valence-electron chi connectivity index (χ1n) is 7.18. The Balaban J connectivity index is 1.91. The molecule has 3 rings (SSSR count). The number of nitrogens with two attached hydrogens (primary N) is 1. The highest BCUT2D eigenvalue weighted by molar-refractivity contribution is 7.97. The second-order valence-corrected chi connectivity index (χ2v) is 7.09. The number of sulfone groups is 1. The second-order valence-electron chi connectivity index (χ2n) is 5.23. The van der Waals surface area contributed by atoms with Crippen LogP contribution in [-0.4, -0.2) is 20.9 Å². The molecular formula is C17H16N2O3S. The summed E-state index contributed by atoms with van der Waals surface area (Å²) in [6.45, 7) is 0.500. The van der Waals surface area contributed by atoms with Crippen LogP contribution in [0.3, 0.4) is 0 Å². The van der Waals surface area contributed by atoms with Gasteiger partial charge in [0.05, 0.1) is 10.6 Å². The summed E-state index contributed by atoms with van der Waals surface area (Å²) < 4.78 is 24.9. The average molecular weight is 328 g/mol. The number of benzene rings is 2. The minimum Gasteiger partial charge on any atom is -0.383 e. The Hall–Kier alpha value is -2.60. The molecule has 23 heavy (non-hydrogen) atoms. The third-order valence-electron chi connectivity index (χ3n) is 3.72. The van der Waals surface area contributed by atoms with Crippen LogP contribution in [0.25, 0.3) is 5.70 Å². The number of fused-ring (bicyclic) bond motifs is 1. The Morgan fingerprint density at radius 1 is 1.00 bits per heavy atom. The molecule has 2 aromatic carbocycles. The van der Waals surface area contributed by atoms with Gasteiger partial charge in [0.1, 0.15) is 0 Å². The quantitative estimate of drug-likeness (QED) is 0.869. The topological polar surface area (TPSA) is 89.3 Å². The van der Waals surface area contributed by atoms with Crippen LogP contribution < -0.4 is 11.1 Å². The molecule has 3 N–H and O–H groups in total. The first-order valence-corrected chi connectivity index (χ1v) is 8.66. The smallest absolute Gasteiger partial charge is 0.262 e. The van der Waals surface area contributed by atoms with Gasteiger partial charge in [-0.15, -0.1) is 0 Å². The van der Waals surface area contributed by atoms with E-state index in [1.54, 1.807) is 18.2 Å². The van der Waals surface area contributed by atoms with Gasteiger partial charge in [0.25, 0.3) is 5.91 Å². The maximum Gasteiger partial charge on any atom is 0.262 e. The predicted molar refractivity (Wildman–Crippen MR) is 87.9 cm³/mol. The normalized spacial score (nSPS) is 15.3. The van der Waals surface area contributed by atoms with Crippen molar-refractivity contribution in [2.24, 2.45) is 5.73 Å². The summed E-state index contributed by atoms with van der Waals surface area (Å²) in [5.41, 5.74) is 7.22. The maximum absolute atomic E-state index is 12.5. The number of nitrogens with one attached hydrogen (secondary N) is 1. The van der Waals surface area contributed by atoms with E-state index < -0.39 is 15.7 Å². The van der Waals surface area contributed by atoms with Gasteiger partial charge in [-0.2, -0.15) is 0 Å². The second kappa shape index (κ2) is 5.89. The number of rotatable bonds is 5. The first kappa shape index (κ1) is 15.3. The van der Waals surface area contributed by atoms with Gasteiger partial charge in [0, 0.05) is 12.1 Å². The molecule has 0 saturated carbocycles. The van der Waals surface area contributed by atoms with Crippen molar-refractivity contribution in [1.82, 2.24) is 5.32 Å². The molecule has 0 unspecified atom stereocenters. The van der Waals surface area contributed by atoms with Crippen LogP contribution in [0.1, 0.15) is 11.1 Å². The van der Waals surface area contributed by atoms with Gasteiger partial charge in [-0.05, 0) is 18.1 Å². The van der Waals surface area contributed by atoms with Crippen molar-refractivity contribution in [3.63, 3.8) is 0 Å². The van der Waals surface area contributed by atoms with Crippen molar-refractivity contribution in [3.8, 4) is 0 Å². The van der Waals surface area contributed by atoms with Crippen molar-refractivity contribution < 1.29 is 13.2 Å². The summed E-state index contributed by atoms with van der Waals surface area (Å²) in [4.78, 5) is 11.4. The van der Waals surface area contributed by atoms with Gasteiger partial charge in [-0.3, -0.25) is 4.79 Å². The van der Waals surface area contributed by atoms with Gasteiger partial charge >= 0.3 is 0 Å². The zero-order valence-corrected chi connectivity index (χ0v) is 13.1. The SMILES string of the molecule is NC(=O)C1=C(NCCc2ccccc2)c2ccccc2S1(=O)=O. The van der Waals surface area contributed by atoms with Crippen LogP contribution in [0.15, 0.2) is 64.4 Å². The van der Waals surface area contributed by atoms with Crippen molar-refractivity contribution >= 4 is 21.4 Å². The van der Waals surface area contributed by atoms with E-state index in [1.165, 1.54) is 6.07 Å². The van der Waals surface area contributed by atoms with Crippen LogP contribution in [0.5, 0.6) is 0 Å². The van der Waals surface area contributed by atoms with Crippen molar-refractivity contribution in [2.45, 2.75) is 11.3 Å². The van der Waals surface area contributed by atoms with E-state index in [-0.39, 0.29) is 9.80 Å². The lowest BCUT2D eigenvalue weighted by atomic mass is 10.1. The molecule has 118 valence electrons. The summed E-state index contributed by atoms with van der Waals surface area (Å²) in [6.07, 6.45) is 0.707. The standard InChI is InChI=1S/C17H16N2O3S/c18-17(20)16-15(19-11-10-12-6-2-1-3-7-12)13-8-4-5-9-14(13)23(16,21)22/h1-9,19H,10-11H2,(H2,18,20). The molecule has 1 amide bonds. The molecule has 5 nitrogen and oxygen atoms in total. The van der Waals surface area contributed by atoms with E-state index in [0.717, 1.165) is 5.56 Å². The third-order valence-corrected chi connectivity index (χ3v) is 5.60. The molecule has 6 heteroatoms. The zero-order chi connectivity index (χ0) is 16.4. The summed E-state index contributed by atoms with van der Waals surface area (Å²) in [5, 5.41) is 3.07. The number of carbonyl (C=O) groups excluding carboxylic acids is 1. The lowest BCUT2D eigenvalue weighted by Gasteiger charge is -2.09. The van der Waals surface area contributed by atoms with Crippen molar-refractivity contribution in [1.29, 1.82) is 0 Å². The van der Waals surface area contributed by atoms with Gasteiger partial charge in [-0.1, -0.05) is 48.5 Å². The molecule has 2 aromatic rings. The van der Waals surface area contributed by atoms with Gasteiger partial charge < -0.3 is 11.1 Å². The molecule has 1 heterocycles. The maximum atomic E-state index is 12.5. The van der Waals surface area contributed by atoms with Crippen LogP contribution in [0.2, 0.25) is 0 Å². The molecule has 1 aliphatic rings. The fraction of sp³-hybridized carbons (Fsp3) is 0.118. The number of hydrogen-bond donors (Lipinski definition) is 2. The lowest BCUT2D eigenvalue weighted by molar-refractivity contribution is -0.113. The minimum absolute atomic E-state index is 0.121. The molecule has 0 fully saturated rings. The van der Waals surface area contributed by atoms with E-state index in [1.807, 2.05) is 30.3 Å². The van der Waals surface area contributed by atoms with Crippen LogP contribution in [-0.2, 0) is 21.1 Å². The Morgan fingerprint density at radius 3 is 2.35 bits per heavy atom. The Bertz CT molecular complexity index is 887. The summed E-state index contributed by atoms with van der Waals surface area (Å²) in [6, 6.07) is 16.3. The summed E-state index contributed by atoms with van der Waals surface area (Å²) >= 11 is 0. The van der Waals surface area contributed by atoms with Crippen molar-refractivity contribution in [2.75, 3.05) is 6.54 Å². The minimum atomic E-state index is -3.85. The molecule has 1 aliphatic heterocycles. The van der Waals surface area contributed by atoms with Gasteiger partial charge in [-0.25, -0.2) is 8.42 Å². The molecule has 0 aliphatic carbocycles. The Kier molecular flexibility index (Phi) is 3.92. The van der Waals surface area contributed by atoms with Gasteiger partial charge in [0.2, 0.25) is 9.84 Å². The molecular weight excluding hydrogens is 312 g/mol. The summed E-state index contributed by atoms with van der Waals surface area (Å²) in [7, 11) is -3.85. The Labute approximate surface area is 134 Å². The van der Waals surface area contributed by atoms with Crippen LogP contribution in [0, 0.1) is 0 Å². The number of carbonyl (C=O) groups is 1. The molecule has 0 atom stereocenters. The largest absolute Gasteiger partial charge is 0.383 e. The van der Waals surface area contributed by atoms with Crippen LogP contribution >= 0.6 is 0 Å². The highest BCUT2D eigenvalue weighted by Gasteiger charge is 2.38. The van der Waals surface area contributed by atoms with E-state index in [2.05, 4.69) is 5.32 Å². The zero-order valence-electron chi connectivity index (χ0n) is 12.3. The average Bonchev–Trinajstić information content (AvgIpc) is 2.76. The predicted octanol–water partition coefficient (Wildman–Crippen LogP) is 1.46. The summed E-state index contributed by atoms with van der Waals surface area (Å²) in [5.74, 6) is -0.941. The monoisotopic (exact) mass is 328 g/mol. The lowest BCUT2D eigenvalue weighted by Crippen LogP contribution is -2.23. The number of primary amides is 1. The van der Waals surface area contributed by atoms with E-state index in [4.69, 9.17) is 5.73 Å². The third kappa shape index (κ3) is 2.73. The number of amides is 1. The fourth-order valence-corrected chi connectivity index (χ4v) is 4.33. The number of hydrogen-bond acceptors (Lipinski definition) is 4. The first-order chi connectivity index (χ1) is 11.0. The molecule has 0 saturated heterocycles. The highest BCUT2D eigenvalue weighted by atomic mass is 32.2. The van der Waals surface area contributed by atoms with Crippen LogP contribution in [0.4, 0.5) is 0 Å². The fourth-order valence-electron chi connectivity index (χ4n) is 2.68. The highest BCUT2D eigenvalue weighted by Crippen LogP contribution is 2.37. The molecule has 0 aromatic heterocycles. The molecule has 0 radical (unpaired) electrons. The van der Waals surface area contributed by atoms with Gasteiger partial charge in [0.15, 0.2) is 4.91 Å².